The molecule has 20 heavy (non-hydrogen) atoms. The van der Waals surface area contributed by atoms with E-state index in [0.29, 0.717) is 22.2 Å². The van der Waals surface area contributed by atoms with E-state index >= 15 is 0 Å². The molecule has 6 heteroatoms. The number of ether oxygens (including phenoxy) is 1. The summed E-state index contributed by atoms with van der Waals surface area (Å²) in [4.78, 5) is 10.5. The Hall–Kier alpha value is -1.78. The fourth-order valence-electron chi connectivity index (χ4n) is 1.71. The third kappa shape index (κ3) is 3.62. The summed E-state index contributed by atoms with van der Waals surface area (Å²) in [5.74, 6) is 1.01. The van der Waals surface area contributed by atoms with Gasteiger partial charge in [-0.25, -0.2) is 0 Å². The molecule has 2 rings (SSSR count). The minimum absolute atomic E-state index is 0.0500. The lowest BCUT2D eigenvalue weighted by molar-refractivity contribution is -0.385. The van der Waals surface area contributed by atoms with Gasteiger partial charge in [0, 0.05) is 17.0 Å². The molecular weight excluding hydrogens is 301 g/mol. The number of halogens is 2. The van der Waals surface area contributed by atoms with Gasteiger partial charge < -0.3 is 4.74 Å². The van der Waals surface area contributed by atoms with Gasteiger partial charge in [0.25, 0.3) is 5.69 Å². The first-order chi connectivity index (χ1) is 9.60. The summed E-state index contributed by atoms with van der Waals surface area (Å²) in [6, 6.07) is 11.8. The summed E-state index contributed by atoms with van der Waals surface area (Å²) < 4.78 is 5.56. The molecule has 0 saturated heterocycles. The van der Waals surface area contributed by atoms with E-state index < -0.39 is 4.92 Å². The highest BCUT2D eigenvalue weighted by Crippen LogP contribution is 2.25. The van der Waals surface area contributed by atoms with Crippen molar-refractivity contribution in [1.29, 1.82) is 0 Å². The van der Waals surface area contributed by atoms with Gasteiger partial charge in [-0.3, -0.25) is 10.1 Å². The average Bonchev–Trinajstić information content (AvgIpc) is 2.46. The lowest BCUT2D eigenvalue weighted by Gasteiger charge is -2.08. The smallest absolute Gasteiger partial charge is 0.277 e. The first kappa shape index (κ1) is 14.6. The van der Waals surface area contributed by atoms with Crippen molar-refractivity contribution in [2.75, 3.05) is 0 Å². The van der Waals surface area contributed by atoms with Crippen LogP contribution in [0, 0.1) is 10.1 Å². The molecule has 0 aliphatic heterocycles. The first-order valence-corrected chi connectivity index (χ1v) is 6.72. The average molecular weight is 312 g/mol. The third-order valence-electron chi connectivity index (χ3n) is 2.69. The van der Waals surface area contributed by atoms with Gasteiger partial charge in [-0.1, -0.05) is 23.7 Å². The van der Waals surface area contributed by atoms with Crippen LogP contribution in [0.2, 0.25) is 5.02 Å². The van der Waals surface area contributed by atoms with Gasteiger partial charge >= 0.3 is 0 Å². The van der Waals surface area contributed by atoms with Crippen LogP contribution in [0.4, 0.5) is 5.69 Å². The number of alkyl halides is 1. The minimum Gasteiger partial charge on any atom is -0.489 e. The zero-order valence-corrected chi connectivity index (χ0v) is 11.9. The predicted molar refractivity (Wildman–Crippen MR) is 78.4 cm³/mol. The molecule has 104 valence electrons. The fraction of sp³-hybridized carbons (Fsp3) is 0.143. The Morgan fingerprint density at radius 3 is 2.70 bits per heavy atom. The van der Waals surface area contributed by atoms with Crippen molar-refractivity contribution in [3.05, 3.63) is 68.7 Å². The molecule has 0 bridgehead atoms. The molecule has 0 heterocycles. The topological polar surface area (TPSA) is 52.4 Å². The summed E-state index contributed by atoms with van der Waals surface area (Å²) in [5.41, 5.74) is 1.34. The van der Waals surface area contributed by atoms with E-state index in [1.165, 1.54) is 6.07 Å². The Kier molecular flexibility index (Phi) is 4.82. The summed E-state index contributed by atoms with van der Waals surface area (Å²) in [7, 11) is 0. The number of nitrogens with zero attached hydrogens (tertiary/aromatic N) is 1. The zero-order valence-electron chi connectivity index (χ0n) is 10.4. The molecule has 0 unspecified atom stereocenters. The molecule has 0 aromatic heterocycles. The van der Waals surface area contributed by atoms with Gasteiger partial charge in [-0.2, -0.15) is 0 Å². The molecule has 4 nitrogen and oxygen atoms in total. The number of nitro benzene ring substituents is 1. The molecular formula is C14H11Cl2NO3. The van der Waals surface area contributed by atoms with E-state index in [1.54, 1.807) is 24.3 Å². The van der Waals surface area contributed by atoms with Crippen LogP contribution in [-0.2, 0) is 12.5 Å². The quantitative estimate of drug-likeness (QED) is 0.462. The number of hydrogen-bond acceptors (Lipinski definition) is 3. The molecule has 0 atom stereocenters. The van der Waals surface area contributed by atoms with Crippen LogP contribution in [0.25, 0.3) is 0 Å². The third-order valence-corrected chi connectivity index (χ3v) is 3.23. The highest BCUT2D eigenvalue weighted by molar-refractivity contribution is 6.30. The van der Waals surface area contributed by atoms with E-state index in [4.69, 9.17) is 27.9 Å². The number of nitro groups is 1. The Morgan fingerprint density at radius 1 is 1.20 bits per heavy atom. The van der Waals surface area contributed by atoms with E-state index in [2.05, 4.69) is 0 Å². The second kappa shape index (κ2) is 6.59. The van der Waals surface area contributed by atoms with E-state index in [1.807, 2.05) is 12.1 Å². The summed E-state index contributed by atoms with van der Waals surface area (Å²) in [6.45, 7) is 0.0964. The largest absolute Gasteiger partial charge is 0.489 e. The monoisotopic (exact) mass is 311 g/mol. The van der Waals surface area contributed by atoms with Gasteiger partial charge in [0.1, 0.15) is 12.4 Å². The Bertz CT molecular complexity index is 632. The van der Waals surface area contributed by atoms with E-state index in [-0.39, 0.29) is 12.3 Å². The molecule has 0 spiro atoms. The van der Waals surface area contributed by atoms with Crippen LogP contribution in [0.3, 0.4) is 0 Å². The van der Waals surface area contributed by atoms with Gasteiger partial charge in [0.15, 0.2) is 0 Å². The van der Waals surface area contributed by atoms with Crippen molar-refractivity contribution < 1.29 is 9.66 Å². The van der Waals surface area contributed by atoms with Crippen LogP contribution in [0.1, 0.15) is 11.1 Å². The van der Waals surface area contributed by atoms with Crippen molar-refractivity contribution in [1.82, 2.24) is 0 Å². The fourth-order valence-corrected chi connectivity index (χ4v) is 2.04. The molecule has 2 aromatic carbocycles. The van der Waals surface area contributed by atoms with Gasteiger partial charge in [0.05, 0.1) is 10.5 Å². The van der Waals surface area contributed by atoms with Crippen molar-refractivity contribution in [2.45, 2.75) is 12.5 Å². The standard InChI is InChI=1S/C14H11Cl2NO3/c15-8-10-2-1-3-13(6-10)20-9-11-4-5-12(16)7-14(11)17(18)19/h1-7H,8-9H2. The molecule has 0 fully saturated rings. The highest BCUT2D eigenvalue weighted by atomic mass is 35.5. The van der Waals surface area contributed by atoms with Crippen LogP contribution >= 0.6 is 23.2 Å². The lowest BCUT2D eigenvalue weighted by atomic mass is 10.2. The summed E-state index contributed by atoms with van der Waals surface area (Å²) in [6.07, 6.45) is 0. The Labute approximate surface area is 126 Å². The van der Waals surface area contributed by atoms with Crippen LogP contribution in [0.5, 0.6) is 5.75 Å². The molecule has 0 aliphatic rings. The molecule has 0 N–H and O–H groups in total. The van der Waals surface area contributed by atoms with Crippen LogP contribution < -0.4 is 4.74 Å². The predicted octanol–water partition coefficient (Wildman–Crippen LogP) is 4.57. The Balaban J connectivity index is 2.16. The van der Waals surface area contributed by atoms with Gasteiger partial charge in [0.2, 0.25) is 0 Å². The number of rotatable bonds is 5. The Morgan fingerprint density at radius 2 is 2.00 bits per heavy atom. The maximum Gasteiger partial charge on any atom is 0.277 e. The number of hydrogen-bond donors (Lipinski definition) is 0. The highest BCUT2D eigenvalue weighted by Gasteiger charge is 2.14. The molecule has 0 amide bonds. The summed E-state index contributed by atoms with van der Waals surface area (Å²) in [5, 5.41) is 11.3. The second-order valence-corrected chi connectivity index (χ2v) is 4.80. The van der Waals surface area contributed by atoms with E-state index in [0.717, 1.165) is 5.56 Å². The van der Waals surface area contributed by atoms with Crippen molar-refractivity contribution in [3.63, 3.8) is 0 Å². The molecule has 0 saturated carbocycles. The van der Waals surface area contributed by atoms with Crippen LogP contribution in [-0.4, -0.2) is 4.92 Å². The maximum absolute atomic E-state index is 11.0. The lowest BCUT2D eigenvalue weighted by Crippen LogP contribution is -2.00. The van der Waals surface area contributed by atoms with E-state index in [9.17, 15) is 10.1 Å². The second-order valence-electron chi connectivity index (χ2n) is 4.10. The van der Waals surface area contributed by atoms with Crippen molar-refractivity contribution in [3.8, 4) is 5.75 Å². The maximum atomic E-state index is 11.0. The number of benzene rings is 2. The zero-order chi connectivity index (χ0) is 14.5. The molecule has 2 aromatic rings. The molecule has 0 aliphatic carbocycles. The van der Waals surface area contributed by atoms with Crippen LogP contribution in [0.15, 0.2) is 42.5 Å². The van der Waals surface area contributed by atoms with Gasteiger partial charge in [-0.05, 0) is 29.8 Å². The van der Waals surface area contributed by atoms with Crippen molar-refractivity contribution in [2.24, 2.45) is 0 Å². The normalized spacial score (nSPS) is 10.3. The summed E-state index contributed by atoms with van der Waals surface area (Å²) >= 11 is 11.5. The SMILES string of the molecule is O=[N+]([O-])c1cc(Cl)ccc1COc1cccc(CCl)c1. The minimum atomic E-state index is -0.472. The molecule has 0 radical (unpaired) electrons. The van der Waals surface area contributed by atoms with Gasteiger partial charge in [-0.15, -0.1) is 11.6 Å². The first-order valence-electron chi connectivity index (χ1n) is 5.80. The van der Waals surface area contributed by atoms with Crippen molar-refractivity contribution >= 4 is 28.9 Å².